The van der Waals surface area contributed by atoms with E-state index in [4.69, 9.17) is 19.9 Å². The van der Waals surface area contributed by atoms with Gasteiger partial charge in [-0.2, -0.15) is 0 Å². The van der Waals surface area contributed by atoms with Crippen LogP contribution in [0.1, 0.15) is 32.4 Å². The van der Waals surface area contributed by atoms with Crippen molar-refractivity contribution in [1.82, 2.24) is 15.2 Å². The summed E-state index contributed by atoms with van der Waals surface area (Å²) in [5, 5.41) is 2.53. The van der Waals surface area contributed by atoms with Crippen LogP contribution in [0.3, 0.4) is 0 Å². The van der Waals surface area contributed by atoms with Gasteiger partial charge in [-0.3, -0.25) is 14.6 Å². The van der Waals surface area contributed by atoms with Gasteiger partial charge in [0.05, 0.1) is 0 Å². The van der Waals surface area contributed by atoms with Crippen LogP contribution in [0.15, 0.2) is 24.4 Å². The molecule has 2 heterocycles. The van der Waals surface area contributed by atoms with Crippen molar-refractivity contribution in [1.29, 1.82) is 0 Å². The summed E-state index contributed by atoms with van der Waals surface area (Å²) in [6.07, 6.45) is 2.46. The first-order valence-corrected chi connectivity index (χ1v) is 10.5. The van der Waals surface area contributed by atoms with Gasteiger partial charge in [-0.1, -0.05) is 19.9 Å². The number of nitrogens with zero attached hydrogens (tertiary/aromatic N) is 2. The van der Waals surface area contributed by atoms with Gasteiger partial charge in [0, 0.05) is 31.4 Å². The van der Waals surface area contributed by atoms with Crippen molar-refractivity contribution >= 4 is 23.9 Å². The van der Waals surface area contributed by atoms with E-state index in [1.165, 1.54) is 4.90 Å². The van der Waals surface area contributed by atoms with Crippen LogP contribution >= 0.6 is 0 Å². The highest BCUT2D eigenvalue weighted by Gasteiger charge is 2.36. The summed E-state index contributed by atoms with van der Waals surface area (Å²) in [4.78, 5) is 53.6. The lowest BCUT2D eigenvalue weighted by Crippen LogP contribution is -2.45. The van der Waals surface area contributed by atoms with Gasteiger partial charge in [0.25, 0.3) is 5.91 Å². The zero-order valence-electron chi connectivity index (χ0n) is 18.3. The number of esters is 2. The molecule has 11 heteroatoms. The predicted molar refractivity (Wildman–Crippen MR) is 112 cm³/mol. The summed E-state index contributed by atoms with van der Waals surface area (Å²) in [5.41, 5.74) is 6.51. The Kier molecular flexibility index (Phi) is 9.86. The molecule has 1 fully saturated rings. The molecular weight excluding hydrogens is 420 g/mol. The highest BCUT2D eigenvalue weighted by Crippen LogP contribution is 2.19. The molecule has 0 spiro atoms. The minimum atomic E-state index is -0.825. The maximum absolute atomic E-state index is 12.4. The van der Waals surface area contributed by atoms with Crippen molar-refractivity contribution in [3.63, 3.8) is 0 Å². The first-order valence-electron chi connectivity index (χ1n) is 10.5. The third-order valence-corrected chi connectivity index (χ3v) is 4.94. The van der Waals surface area contributed by atoms with Crippen LogP contribution in [0.4, 0.5) is 4.79 Å². The number of amides is 2. The van der Waals surface area contributed by atoms with Gasteiger partial charge >= 0.3 is 18.0 Å². The molecule has 0 unspecified atom stereocenters. The summed E-state index contributed by atoms with van der Waals surface area (Å²) in [7, 11) is 0. The molecule has 2 rings (SSSR count). The standard InChI is InChI=1S/C21H30N4O7/c1-14(2)18(22)20(28)30-12-17(26)25-11-5-7-16(25)19(27)31-13-32-21(29)24-10-8-15-6-3-4-9-23-15/h3-4,6,9,14,16,18H,5,7-8,10-13,22H2,1-2H3,(H,24,29)/t16-,18+/m1/s1. The van der Waals surface area contributed by atoms with Gasteiger partial charge in [-0.05, 0) is 30.9 Å². The van der Waals surface area contributed by atoms with Crippen LogP contribution in [0.25, 0.3) is 0 Å². The highest BCUT2D eigenvalue weighted by molar-refractivity contribution is 5.87. The minimum Gasteiger partial charge on any atom is -0.454 e. The zero-order valence-corrected chi connectivity index (χ0v) is 18.3. The van der Waals surface area contributed by atoms with Gasteiger partial charge in [0.2, 0.25) is 6.79 Å². The zero-order chi connectivity index (χ0) is 23.5. The molecule has 0 aliphatic carbocycles. The molecule has 1 aromatic rings. The van der Waals surface area contributed by atoms with Crippen molar-refractivity contribution in [2.45, 2.75) is 45.2 Å². The van der Waals surface area contributed by atoms with Gasteiger partial charge < -0.3 is 30.2 Å². The number of nitrogens with two attached hydrogens (primary N) is 1. The lowest BCUT2D eigenvalue weighted by molar-refractivity contribution is -0.162. The molecular formula is C21H30N4O7. The molecule has 2 atom stereocenters. The second kappa shape index (κ2) is 12.6. The van der Waals surface area contributed by atoms with E-state index in [0.29, 0.717) is 32.4 Å². The molecule has 11 nitrogen and oxygen atoms in total. The number of hydrogen-bond donors (Lipinski definition) is 2. The number of aromatic nitrogens is 1. The van der Waals surface area contributed by atoms with E-state index in [1.54, 1.807) is 26.1 Å². The van der Waals surface area contributed by atoms with E-state index < -0.39 is 49.4 Å². The van der Waals surface area contributed by atoms with Crippen molar-refractivity contribution in [3.8, 4) is 0 Å². The van der Waals surface area contributed by atoms with Gasteiger partial charge in [0.1, 0.15) is 12.1 Å². The highest BCUT2D eigenvalue weighted by atomic mass is 16.7. The summed E-state index contributed by atoms with van der Waals surface area (Å²) < 4.78 is 14.8. The topological polar surface area (TPSA) is 150 Å². The molecule has 0 saturated carbocycles. The summed E-state index contributed by atoms with van der Waals surface area (Å²) in [6, 6.07) is 3.84. The van der Waals surface area contributed by atoms with Crippen molar-refractivity contribution in [2.75, 3.05) is 26.5 Å². The van der Waals surface area contributed by atoms with Crippen LogP contribution in [-0.2, 0) is 35.0 Å². The summed E-state index contributed by atoms with van der Waals surface area (Å²) >= 11 is 0. The third-order valence-electron chi connectivity index (χ3n) is 4.94. The van der Waals surface area contributed by atoms with Gasteiger partial charge in [-0.15, -0.1) is 0 Å². The Hall–Kier alpha value is -3.21. The molecule has 2 amide bonds. The molecule has 0 radical (unpaired) electrons. The first-order chi connectivity index (χ1) is 15.3. The average Bonchev–Trinajstić information content (AvgIpc) is 3.27. The van der Waals surface area contributed by atoms with E-state index >= 15 is 0 Å². The van der Waals surface area contributed by atoms with E-state index in [9.17, 15) is 19.2 Å². The SMILES string of the molecule is CC(C)[C@H](N)C(=O)OCC(=O)N1CCC[C@@H]1C(=O)OCOC(=O)NCCc1ccccn1. The number of nitrogens with one attached hydrogen (secondary N) is 1. The fourth-order valence-electron chi connectivity index (χ4n) is 3.02. The van der Waals surface area contributed by atoms with Gasteiger partial charge in [0.15, 0.2) is 6.61 Å². The number of carbonyl (C=O) groups excluding carboxylic acids is 4. The summed E-state index contributed by atoms with van der Waals surface area (Å²) in [5.74, 6) is -2.00. The maximum atomic E-state index is 12.4. The minimum absolute atomic E-state index is 0.126. The molecule has 176 valence electrons. The van der Waals surface area contributed by atoms with Crippen LogP contribution in [-0.4, -0.2) is 72.4 Å². The largest absolute Gasteiger partial charge is 0.454 e. The number of alkyl carbamates (subject to hydrolysis) is 1. The smallest absolute Gasteiger partial charge is 0.410 e. The molecule has 3 N–H and O–H groups in total. The van der Waals surface area contributed by atoms with Crippen molar-refractivity contribution in [3.05, 3.63) is 30.1 Å². The molecule has 1 saturated heterocycles. The second-order valence-corrected chi connectivity index (χ2v) is 7.63. The van der Waals surface area contributed by atoms with E-state index in [-0.39, 0.29) is 5.92 Å². The average molecular weight is 450 g/mol. The number of ether oxygens (including phenoxy) is 3. The van der Waals surface area contributed by atoms with Crippen LogP contribution in [0.2, 0.25) is 0 Å². The Labute approximate surface area is 186 Å². The Bertz CT molecular complexity index is 788. The Balaban J connectivity index is 1.68. The van der Waals surface area contributed by atoms with E-state index in [2.05, 4.69) is 10.3 Å². The normalized spacial score (nSPS) is 16.4. The molecule has 32 heavy (non-hydrogen) atoms. The number of carbonyl (C=O) groups is 4. The fourth-order valence-corrected chi connectivity index (χ4v) is 3.02. The van der Waals surface area contributed by atoms with E-state index in [1.807, 2.05) is 12.1 Å². The number of likely N-dealkylation sites (tertiary alicyclic amines) is 1. The maximum Gasteiger partial charge on any atom is 0.410 e. The van der Waals surface area contributed by atoms with Crippen LogP contribution < -0.4 is 11.1 Å². The van der Waals surface area contributed by atoms with Crippen molar-refractivity contribution in [2.24, 2.45) is 11.7 Å². The number of pyridine rings is 1. The fraction of sp³-hybridized carbons (Fsp3) is 0.571. The van der Waals surface area contributed by atoms with Crippen LogP contribution in [0.5, 0.6) is 0 Å². The van der Waals surface area contributed by atoms with Crippen molar-refractivity contribution < 1.29 is 33.4 Å². The second-order valence-electron chi connectivity index (χ2n) is 7.63. The lowest BCUT2D eigenvalue weighted by atomic mass is 10.1. The Morgan fingerprint density at radius 3 is 2.69 bits per heavy atom. The Morgan fingerprint density at radius 2 is 2.00 bits per heavy atom. The number of rotatable bonds is 10. The lowest BCUT2D eigenvalue weighted by Gasteiger charge is -2.23. The number of hydrogen-bond acceptors (Lipinski definition) is 9. The quantitative estimate of drug-likeness (QED) is 0.380. The van der Waals surface area contributed by atoms with Crippen LogP contribution in [0, 0.1) is 5.92 Å². The third kappa shape index (κ3) is 7.80. The summed E-state index contributed by atoms with van der Waals surface area (Å²) in [6.45, 7) is 3.10. The van der Waals surface area contributed by atoms with E-state index in [0.717, 1.165) is 5.69 Å². The first kappa shape index (κ1) is 25.1. The molecule has 1 aliphatic rings. The molecule has 0 bridgehead atoms. The Morgan fingerprint density at radius 1 is 1.22 bits per heavy atom. The molecule has 0 aromatic carbocycles. The predicted octanol–water partition coefficient (Wildman–Crippen LogP) is 0.369. The van der Waals surface area contributed by atoms with Gasteiger partial charge in [-0.25, -0.2) is 9.59 Å². The monoisotopic (exact) mass is 450 g/mol. The molecule has 1 aromatic heterocycles. The molecule has 1 aliphatic heterocycles.